The van der Waals surface area contributed by atoms with Gasteiger partial charge < -0.3 is 9.47 Å². The standard InChI is InChI=1S/C56H42N2/c1-55(36-16-5-17-37-55)56(42-20-8-3-9-21-42)51-26-14-12-24-47(51)48-34-32-45(38-52(48)56)57(44-30-28-41(29-31-44)40-18-6-2-7-19-40)46-33-35-50-49-25-13-15-27-53(49)58(54(50)39-46)43-22-10-4-11-23-43/h2-36,38-39H,37H2,1H3. The number of rotatable bonds is 7. The molecule has 276 valence electrons. The molecule has 0 radical (unpaired) electrons. The van der Waals surface area contributed by atoms with E-state index in [9.17, 15) is 0 Å². The number of para-hydroxylation sites is 2. The lowest BCUT2D eigenvalue weighted by atomic mass is 9.54. The molecule has 2 atom stereocenters. The fraction of sp³-hybridized carbons (Fsp3) is 0.0714. The predicted octanol–water partition coefficient (Wildman–Crippen LogP) is 14.8. The Balaban J connectivity index is 1.18. The molecule has 0 bridgehead atoms. The Bertz CT molecular complexity index is 3030. The van der Waals surface area contributed by atoms with Crippen molar-refractivity contribution in [1.29, 1.82) is 0 Å². The van der Waals surface area contributed by atoms with Gasteiger partial charge in [-0.1, -0.05) is 177 Å². The van der Waals surface area contributed by atoms with Gasteiger partial charge in [0.25, 0.3) is 0 Å². The molecular weight excluding hydrogens is 701 g/mol. The lowest BCUT2D eigenvalue weighted by molar-refractivity contribution is 0.293. The van der Waals surface area contributed by atoms with Crippen LogP contribution in [0, 0.1) is 5.41 Å². The minimum Gasteiger partial charge on any atom is -0.310 e. The highest BCUT2D eigenvalue weighted by Crippen LogP contribution is 2.63. The molecule has 0 fully saturated rings. The first kappa shape index (κ1) is 34.1. The van der Waals surface area contributed by atoms with E-state index in [0.29, 0.717) is 0 Å². The number of allylic oxidation sites excluding steroid dienone is 4. The van der Waals surface area contributed by atoms with Crippen molar-refractivity contribution in [3.8, 4) is 27.9 Å². The molecule has 0 N–H and O–H groups in total. The number of hydrogen-bond acceptors (Lipinski definition) is 1. The molecule has 11 rings (SSSR count). The average Bonchev–Trinajstić information content (AvgIpc) is 3.78. The minimum absolute atomic E-state index is 0.221. The molecule has 2 heteroatoms. The van der Waals surface area contributed by atoms with Crippen molar-refractivity contribution >= 4 is 38.9 Å². The van der Waals surface area contributed by atoms with Crippen molar-refractivity contribution in [2.75, 3.05) is 4.90 Å². The Morgan fingerprint density at radius 2 is 1.07 bits per heavy atom. The van der Waals surface area contributed by atoms with Gasteiger partial charge in [0.2, 0.25) is 0 Å². The summed E-state index contributed by atoms with van der Waals surface area (Å²) in [5.41, 5.74) is 15.2. The van der Waals surface area contributed by atoms with Crippen LogP contribution in [-0.4, -0.2) is 4.57 Å². The third-order valence-electron chi connectivity index (χ3n) is 12.8. The second-order valence-corrected chi connectivity index (χ2v) is 15.9. The summed E-state index contributed by atoms with van der Waals surface area (Å²) in [5.74, 6) is 0. The topological polar surface area (TPSA) is 8.17 Å². The molecule has 0 saturated carbocycles. The van der Waals surface area contributed by atoms with E-state index in [2.05, 4.69) is 241 Å². The number of anilines is 3. The van der Waals surface area contributed by atoms with Gasteiger partial charge in [0, 0.05) is 38.9 Å². The summed E-state index contributed by atoms with van der Waals surface area (Å²) < 4.78 is 2.41. The van der Waals surface area contributed by atoms with Crippen LogP contribution in [0.2, 0.25) is 0 Å². The quantitative estimate of drug-likeness (QED) is 0.158. The maximum atomic E-state index is 2.50. The summed E-state index contributed by atoms with van der Waals surface area (Å²) >= 11 is 0. The van der Waals surface area contributed by atoms with Crippen LogP contribution in [0.4, 0.5) is 17.1 Å². The first-order valence-electron chi connectivity index (χ1n) is 20.3. The predicted molar refractivity (Wildman–Crippen MR) is 244 cm³/mol. The highest BCUT2D eigenvalue weighted by Gasteiger charge is 2.55. The van der Waals surface area contributed by atoms with Gasteiger partial charge in [0.05, 0.1) is 16.4 Å². The summed E-state index contributed by atoms with van der Waals surface area (Å²) in [7, 11) is 0. The molecule has 2 aliphatic rings. The van der Waals surface area contributed by atoms with Gasteiger partial charge in [-0.25, -0.2) is 0 Å². The van der Waals surface area contributed by atoms with Gasteiger partial charge in [0.1, 0.15) is 0 Å². The lowest BCUT2D eigenvalue weighted by Gasteiger charge is -2.48. The minimum atomic E-state index is -0.427. The molecule has 9 aromatic rings. The largest absolute Gasteiger partial charge is 0.310 e. The first-order valence-corrected chi connectivity index (χ1v) is 20.3. The monoisotopic (exact) mass is 742 g/mol. The SMILES string of the molecule is CC1(C2(c3ccccc3)c3ccccc3-c3ccc(N(c4ccc(-c5ccccc5)cc4)c4ccc5c6ccccc6n(-c6ccccc6)c5c4)cc32)C=CC=CC1. The van der Waals surface area contributed by atoms with Crippen molar-refractivity contribution < 1.29 is 0 Å². The summed E-state index contributed by atoms with van der Waals surface area (Å²) in [6.45, 7) is 2.45. The van der Waals surface area contributed by atoms with Crippen LogP contribution in [-0.2, 0) is 5.41 Å². The number of nitrogens with zero attached hydrogens (tertiary/aromatic N) is 2. The second-order valence-electron chi connectivity index (χ2n) is 15.9. The molecular formula is C56H42N2. The summed E-state index contributed by atoms with van der Waals surface area (Å²) in [4.78, 5) is 2.46. The van der Waals surface area contributed by atoms with Crippen molar-refractivity contribution in [3.05, 3.63) is 241 Å². The van der Waals surface area contributed by atoms with Crippen molar-refractivity contribution in [2.45, 2.75) is 18.8 Å². The Hall–Kier alpha value is -7.16. The summed E-state index contributed by atoms with van der Waals surface area (Å²) in [6, 6.07) is 73.8. The molecule has 0 aliphatic heterocycles. The molecule has 8 aromatic carbocycles. The van der Waals surface area contributed by atoms with Gasteiger partial charge in [0.15, 0.2) is 0 Å². The molecule has 0 spiro atoms. The number of hydrogen-bond donors (Lipinski definition) is 0. The highest BCUT2D eigenvalue weighted by atomic mass is 15.1. The highest BCUT2D eigenvalue weighted by molar-refractivity contribution is 6.10. The Kier molecular flexibility index (Phi) is 7.94. The lowest BCUT2D eigenvalue weighted by Crippen LogP contribution is -2.43. The van der Waals surface area contributed by atoms with Crippen LogP contribution in [0.3, 0.4) is 0 Å². The van der Waals surface area contributed by atoms with Gasteiger partial charge in [-0.3, -0.25) is 0 Å². The number of fused-ring (bicyclic) bond motifs is 6. The zero-order valence-corrected chi connectivity index (χ0v) is 32.5. The molecule has 0 amide bonds. The van der Waals surface area contributed by atoms with E-state index in [1.54, 1.807) is 0 Å². The molecule has 1 heterocycles. The normalized spacial score (nSPS) is 18.0. The fourth-order valence-electron chi connectivity index (χ4n) is 10.2. The van der Waals surface area contributed by atoms with Crippen LogP contribution in [0.5, 0.6) is 0 Å². The van der Waals surface area contributed by atoms with E-state index < -0.39 is 5.41 Å². The van der Waals surface area contributed by atoms with E-state index in [-0.39, 0.29) is 5.41 Å². The number of aromatic nitrogens is 1. The maximum absolute atomic E-state index is 2.50. The van der Waals surface area contributed by atoms with Crippen LogP contribution >= 0.6 is 0 Å². The third-order valence-corrected chi connectivity index (χ3v) is 12.8. The molecule has 2 unspecified atom stereocenters. The van der Waals surface area contributed by atoms with Gasteiger partial charge in [-0.2, -0.15) is 0 Å². The number of benzene rings is 8. The fourth-order valence-corrected chi connectivity index (χ4v) is 10.2. The van der Waals surface area contributed by atoms with Gasteiger partial charge in [-0.15, -0.1) is 0 Å². The molecule has 1 aromatic heterocycles. The van der Waals surface area contributed by atoms with Crippen molar-refractivity contribution in [2.24, 2.45) is 5.41 Å². The Morgan fingerprint density at radius 3 is 1.84 bits per heavy atom. The summed E-state index contributed by atoms with van der Waals surface area (Å²) in [5, 5.41) is 2.48. The van der Waals surface area contributed by atoms with Crippen LogP contribution in [0.25, 0.3) is 49.7 Å². The van der Waals surface area contributed by atoms with Gasteiger partial charge in [-0.05, 0) is 100.0 Å². The zero-order chi connectivity index (χ0) is 38.7. The Labute approximate surface area is 340 Å². The molecule has 0 saturated heterocycles. The van der Waals surface area contributed by atoms with E-state index in [4.69, 9.17) is 0 Å². The smallest absolute Gasteiger partial charge is 0.0561 e. The van der Waals surface area contributed by atoms with Crippen molar-refractivity contribution in [1.82, 2.24) is 4.57 Å². The maximum Gasteiger partial charge on any atom is 0.0561 e. The second kappa shape index (κ2) is 13.5. The summed E-state index contributed by atoms with van der Waals surface area (Å²) in [6.07, 6.45) is 10.2. The average molecular weight is 743 g/mol. The van der Waals surface area contributed by atoms with E-state index in [0.717, 1.165) is 29.2 Å². The van der Waals surface area contributed by atoms with E-state index in [1.165, 1.54) is 60.8 Å². The van der Waals surface area contributed by atoms with Gasteiger partial charge >= 0.3 is 0 Å². The molecule has 2 nitrogen and oxygen atoms in total. The van der Waals surface area contributed by atoms with Crippen LogP contribution in [0.15, 0.2) is 224 Å². The first-order chi connectivity index (χ1) is 28.6. The third kappa shape index (κ3) is 5.11. The molecule has 2 aliphatic carbocycles. The van der Waals surface area contributed by atoms with Crippen LogP contribution in [0.1, 0.15) is 30.0 Å². The van der Waals surface area contributed by atoms with E-state index >= 15 is 0 Å². The van der Waals surface area contributed by atoms with Crippen LogP contribution < -0.4 is 4.90 Å². The Morgan fingerprint density at radius 1 is 0.466 bits per heavy atom. The molecule has 58 heavy (non-hydrogen) atoms. The van der Waals surface area contributed by atoms with Crippen molar-refractivity contribution in [3.63, 3.8) is 0 Å². The van der Waals surface area contributed by atoms with E-state index in [1.807, 2.05) is 0 Å². The zero-order valence-electron chi connectivity index (χ0n) is 32.5.